The molecular weight excluding hydrogens is 202 g/mol. The van der Waals surface area contributed by atoms with Crippen LogP contribution < -0.4 is 4.74 Å². The Hall–Kier alpha value is -1.13. The maximum atomic E-state index is 5.28. The van der Waals surface area contributed by atoms with Crippen molar-refractivity contribution < 1.29 is 4.74 Å². The molecule has 0 radical (unpaired) electrons. The summed E-state index contributed by atoms with van der Waals surface area (Å²) in [6.45, 7) is 1.66. The van der Waals surface area contributed by atoms with Crippen LogP contribution in [0.2, 0.25) is 0 Å². The van der Waals surface area contributed by atoms with Crippen molar-refractivity contribution in [3.8, 4) is 5.75 Å². The molecule has 0 saturated heterocycles. The number of rotatable bonds is 5. The predicted molar refractivity (Wildman–Crippen MR) is 65.6 cm³/mol. The van der Waals surface area contributed by atoms with E-state index in [1.807, 2.05) is 40.3 Å². The van der Waals surface area contributed by atoms with E-state index in [4.69, 9.17) is 4.74 Å². The molecule has 1 rings (SSSR count). The third-order valence-corrected chi connectivity index (χ3v) is 2.10. The first-order valence-electron chi connectivity index (χ1n) is 5.34. The molecule has 1 aromatic rings. The highest BCUT2D eigenvalue weighted by Crippen LogP contribution is 2.15. The van der Waals surface area contributed by atoms with Gasteiger partial charge in [-0.05, 0) is 28.2 Å². The van der Waals surface area contributed by atoms with Crippen molar-refractivity contribution in [1.29, 1.82) is 0 Å². The average Bonchev–Trinajstić information content (AvgIpc) is 2.14. The molecule has 0 spiro atoms. The summed E-state index contributed by atoms with van der Waals surface area (Å²) >= 11 is 0. The molecule has 0 N–H and O–H groups in total. The molecule has 0 fully saturated rings. The lowest BCUT2D eigenvalue weighted by molar-refractivity contribution is 0.375. The summed E-state index contributed by atoms with van der Waals surface area (Å²) in [6, 6.07) is 3.97. The Morgan fingerprint density at radius 2 is 1.44 bits per heavy atom. The van der Waals surface area contributed by atoms with E-state index in [-0.39, 0.29) is 0 Å². The van der Waals surface area contributed by atoms with Gasteiger partial charge in [-0.3, -0.25) is 4.98 Å². The molecule has 0 amide bonds. The van der Waals surface area contributed by atoms with Gasteiger partial charge in [-0.1, -0.05) is 0 Å². The number of methoxy groups -OCH3 is 1. The molecular formula is C12H21N3O. The number of hydrogen-bond acceptors (Lipinski definition) is 4. The maximum Gasteiger partial charge on any atom is 0.122 e. The lowest BCUT2D eigenvalue weighted by Gasteiger charge is -2.14. The number of nitrogens with zero attached hydrogens (tertiary/aromatic N) is 3. The molecule has 0 aliphatic heterocycles. The molecule has 0 atom stereocenters. The first-order valence-corrected chi connectivity index (χ1v) is 5.34. The summed E-state index contributed by atoms with van der Waals surface area (Å²) in [7, 11) is 9.83. The van der Waals surface area contributed by atoms with E-state index in [1.165, 1.54) is 0 Å². The average molecular weight is 223 g/mol. The van der Waals surface area contributed by atoms with Crippen LogP contribution in [0.5, 0.6) is 5.75 Å². The molecule has 0 unspecified atom stereocenters. The van der Waals surface area contributed by atoms with Crippen molar-refractivity contribution in [1.82, 2.24) is 14.8 Å². The van der Waals surface area contributed by atoms with Crippen LogP contribution in [0, 0.1) is 0 Å². The smallest absolute Gasteiger partial charge is 0.122 e. The molecule has 0 aliphatic rings. The fourth-order valence-electron chi connectivity index (χ4n) is 1.55. The third kappa shape index (κ3) is 4.16. The highest BCUT2D eigenvalue weighted by molar-refractivity contribution is 5.27. The largest absolute Gasteiger partial charge is 0.497 e. The molecule has 1 aromatic heterocycles. The summed E-state index contributed by atoms with van der Waals surface area (Å²) in [5, 5.41) is 0. The summed E-state index contributed by atoms with van der Waals surface area (Å²) < 4.78 is 5.28. The van der Waals surface area contributed by atoms with Crippen molar-refractivity contribution in [3.05, 3.63) is 23.5 Å². The van der Waals surface area contributed by atoms with E-state index in [9.17, 15) is 0 Å². The van der Waals surface area contributed by atoms with Crippen molar-refractivity contribution in [2.45, 2.75) is 13.1 Å². The first-order chi connectivity index (χ1) is 7.51. The van der Waals surface area contributed by atoms with Crippen LogP contribution in [0.25, 0.3) is 0 Å². The SMILES string of the molecule is COc1cc(CN(C)C)nc(CN(C)C)c1. The van der Waals surface area contributed by atoms with Crippen LogP contribution >= 0.6 is 0 Å². The highest BCUT2D eigenvalue weighted by atomic mass is 16.5. The van der Waals surface area contributed by atoms with E-state index < -0.39 is 0 Å². The van der Waals surface area contributed by atoms with Gasteiger partial charge in [0.1, 0.15) is 5.75 Å². The standard InChI is InChI=1S/C12H21N3O/c1-14(2)8-10-6-12(16-5)7-11(13-10)9-15(3)4/h6-7H,8-9H2,1-5H3. The number of pyridine rings is 1. The quantitative estimate of drug-likeness (QED) is 0.750. The van der Waals surface area contributed by atoms with Crippen LogP contribution in [0.3, 0.4) is 0 Å². The molecule has 0 saturated carbocycles. The summed E-state index contributed by atoms with van der Waals surface area (Å²) in [6.07, 6.45) is 0. The van der Waals surface area contributed by atoms with E-state index in [1.54, 1.807) is 7.11 Å². The van der Waals surface area contributed by atoms with Gasteiger partial charge in [0.2, 0.25) is 0 Å². The minimum Gasteiger partial charge on any atom is -0.497 e. The highest BCUT2D eigenvalue weighted by Gasteiger charge is 2.05. The number of ether oxygens (including phenoxy) is 1. The Labute approximate surface area is 97.8 Å². The zero-order valence-electron chi connectivity index (χ0n) is 10.8. The minimum absolute atomic E-state index is 0.831. The third-order valence-electron chi connectivity index (χ3n) is 2.10. The zero-order chi connectivity index (χ0) is 12.1. The van der Waals surface area contributed by atoms with E-state index >= 15 is 0 Å². The summed E-state index contributed by atoms with van der Waals surface area (Å²) in [5.41, 5.74) is 2.09. The second kappa shape index (κ2) is 5.82. The molecule has 0 aromatic carbocycles. The van der Waals surface area contributed by atoms with E-state index in [0.29, 0.717) is 0 Å². The van der Waals surface area contributed by atoms with Crippen LogP contribution in [0.15, 0.2) is 12.1 Å². The van der Waals surface area contributed by atoms with Crippen LogP contribution in [0.4, 0.5) is 0 Å². The lowest BCUT2D eigenvalue weighted by Crippen LogP contribution is -2.15. The predicted octanol–water partition coefficient (Wildman–Crippen LogP) is 1.21. The molecule has 4 heteroatoms. The maximum absolute atomic E-state index is 5.28. The second-order valence-electron chi connectivity index (χ2n) is 4.47. The van der Waals surface area contributed by atoms with E-state index in [2.05, 4.69) is 14.8 Å². The molecule has 1 heterocycles. The van der Waals surface area contributed by atoms with Crippen molar-refractivity contribution in [2.24, 2.45) is 0 Å². The molecule has 16 heavy (non-hydrogen) atoms. The monoisotopic (exact) mass is 223 g/mol. The second-order valence-corrected chi connectivity index (χ2v) is 4.47. The minimum atomic E-state index is 0.831. The zero-order valence-corrected chi connectivity index (χ0v) is 10.8. The number of aromatic nitrogens is 1. The molecule has 0 bridgehead atoms. The van der Waals surface area contributed by atoms with Gasteiger partial charge in [-0.15, -0.1) is 0 Å². The fourth-order valence-corrected chi connectivity index (χ4v) is 1.55. The Morgan fingerprint density at radius 3 is 1.75 bits per heavy atom. The van der Waals surface area contributed by atoms with Gasteiger partial charge in [-0.2, -0.15) is 0 Å². The topological polar surface area (TPSA) is 28.6 Å². The van der Waals surface area contributed by atoms with E-state index in [0.717, 1.165) is 30.2 Å². The Kier molecular flexibility index (Phi) is 4.71. The van der Waals surface area contributed by atoms with Crippen molar-refractivity contribution in [2.75, 3.05) is 35.3 Å². The lowest BCUT2D eigenvalue weighted by atomic mass is 10.2. The molecule has 4 nitrogen and oxygen atoms in total. The van der Waals surface area contributed by atoms with Crippen LogP contribution in [-0.4, -0.2) is 50.1 Å². The molecule has 90 valence electrons. The van der Waals surface area contributed by atoms with Crippen LogP contribution in [-0.2, 0) is 13.1 Å². The van der Waals surface area contributed by atoms with Gasteiger partial charge in [0, 0.05) is 25.2 Å². The first kappa shape index (κ1) is 12.9. The normalized spacial score (nSPS) is 11.2. The van der Waals surface area contributed by atoms with Gasteiger partial charge in [-0.25, -0.2) is 0 Å². The Morgan fingerprint density at radius 1 is 1.00 bits per heavy atom. The van der Waals surface area contributed by atoms with Crippen LogP contribution in [0.1, 0.15) is 11.4 Å². The summed E-state index contributed by atoms with van der Waals surface area (Å²) in [5.74, 6) is 0.878. The van der Waals surface area contributed by atoms with Crippen molar-refractivity contribution in [3.63, 3.8) is 0 Å². The number of hydrogen-bond donors (Lipinski definition) is 0. The van der Waals surface area contributed by atoms with Gasteiger partial charge in [0.25, 0.3) is 0 Å². The van der Waals surface area contributed by atoms with Gasteiger partial charge < -0.3 is 14.5 Å². The van der Waals surface area contributed by atoms with Gasteiger partial charge in [0.05, 0.1) is 18.5 Å². The van der Waals surface area contributed by atoms with Crippen molar-refractivity contribution >= 4 is 0 Å². The Bertz CT molecular complexity index is 309. The molecule has 0 aliphatic carbocycles. The summed E-state index contributed by atoms with van der Waals surface area (Å²) in [4.78, 5) is 8.80. The fraction of sp³-hybridized carbons (Fsp3) is 0.583. The Balaban J connectivity index is 2.91. The van der Waals surface area contributed by atoms with Gasteiger partial charge >= 0.3 is 0 Å². The van der Waals surface area contributed by atoms with Gasteiger partial charge in [0.15, 0.2) is 0 Å².